The largest absolute Gasteiger partial charge is 0.469 e. The molecule has 0 fully saturated rings. The second kappa shape index (κ2) is 24.5. The lowest BCUT2D eigenvalue weighted by Gasteiger charge is -2.23. The van der Waals surface area contributed by atoms with Gasteiger partial charge in [0, 0.05) is 18.0 Å². The van der Waals surface area contributed by atoms with Gasteiger partial charge in [0.25, 0.3) is 0 Å². The molecule has 0 saturated carbocycles. The lowest BCUT2D eigenvalue weighted by atomic mass is 9.86. The van der Waals surface area contributed by atoms with Crippen molar-refractivity contribution in [3.63, 3.8) is 0 Å². The first-order valence-corrected chi connectivity index (χ1v) is 17.0. The molecule has 0 bridgehead atoms. The Morgan fingerprint density at radius 3 is 1.98 bits per heavy atom. The molecule has 2 aromatic carbocycles. The lowest BCUT2D eigenvalue weighted by Crippen LogP contribution is -2.38. The molecule has 0 heterocycles. The fraction of sp³-hybridized carbons (Fsp3) is 0.579. The van der Waals surface area contributed by atoms with E-state index in [2.05, 4.69) is 62.6 Å². The van der Waals surface area contributed by atoms with Crippen LogP contribution in [0.1, 0.15) is 104 Å². The van der Waals surface area contributed by atoms with Gasteiger partial charge in [0.1, 0.15) is 0 Å². The fourth-order valence-electron chi connectivity index (χ4n) is 4.77. The van der Waals surface area contributed by atoms with Crippen molar-refractivity contribution >= 4 is 29.4 Å². The van der Waals surface area contributed by atoms with Crippen LogP contribution < -0.4 is 10.6 Å². The van der Waals surface area contributed by atoms with Crippen LogP contribution >= 0.6 is 0 Å². The van der Waals surface area contributed by atoms with Crippen molar-refractivity contribution in [3.8, 4) is 0 Å². The normalized spacial score (nSPS) is 11.9. The summed E-state index contributed by atoms with van der Waals surface area (Å²) in [5.74, 6) is -1.33. The molecular weight excluding hydrogens is 580 g/mol. The molecule has 2 atom stereocenters. The van der Waals surface area contributed by atoms with Crippen LogP contribution in [-0.4, -0.2) is 44.0 Å². The molecule has 0 aliphatic rings. The highest BCUT2D eigenvalue weighted by Gasteiger charge is 2.28. The first-order valence-electron chi connectivity index (χ1n) is 17.0. The molecule has 46 heavy (non-hydrogen) atoms. The zero-order valence-electron chi connectivity index (χ0n) is 29.1. The molecule has 1 unspecified atom stereocenters. The molecule has 256 valence electrons. The van der Waals surface area contributed by atoms with E-state index in [-0.39, 0.29) is 36.7 Å². The molecule has 0 aliphatic heterocycles. The summed E-state index contributed by atoms with van der Waals surface area (Å²) in [7, 11) is 1.36. The average Bonchev–Trinajstić information content (AvgIpc) is 3.03. The van der Waals surface area contributed by atoms with Gasteiger partial charge in [0.05, 0.1) is 26.2 Å². The summed E-state index contributed by atoms with van der Waals surface area (Å²) in [5, 5.41) is 5.57. The number of carbonyl (C=O) groups is 4. The number of hydrogen-bond acceptors (Lipinski definition) is 6. The highest BCUT2D eigenvalue weighted by Crippen LogP contribution is 2.25. The zero-order chi connectivity index (χ0) is 34.2. The molecule has 2 N–H and O–H groups in total. The van der Waals surface area contributed by atoms with Crippen LogP contribution in [0.3, 0.4) is 0 Å². The van der Waals surface area contributed by atoms with Crippen molar-refractivity contribution in [1.82, 2.24) is 5.32 Å². The number of ether oxygens (including phenoxy) is 2. The lowest BCUT2D eigenvalue weighted by molar-refractivity contribution is -0.150. The number of aryl methyl sites for hydroxylation is 2. The third-order valence-corrected chi connectivity index (χ3v) is 7.25. The SMILES string of the molecule is CC(C)C.CCCCOC(=O)C(CCCCC(=O)OC)C[C@@H](CCc1ccc(CCC)cc1)C(=O)NCC(=O)Nc1ccccc1. The van der Waals surface area contributed by atoms with E-state index in [9.17, 15) is 19.2 Å². The summed E-state index contributed by atoms with van der Waals surface area (Å²) >= 11 is 0. The Morgan fingerprint density at radius 2 is 1.39 bits per heavy atom. The Bertz CT molecular complexity index is 1130. The minimum Gasteiger partial charge on any atom is -0.469 e. The molecule has 0 aromatic heterocycles. The van der Waals surface area contributed by atoms with Crippen molar-refractivity contribution in [1.29, 1.82) is 0 Å². The van der Waals surface area contributed by atoms with Crippen molar-refractivity contribution in [2.75, 3.05) is 25.6 Å². The third-order valence-electron chi connectivity index (χ3n) is 7.25. The zero-order valence-corrected chi connectivity index (χ0v) is 29.1. The maximum atomic E-state index is 13.4. The number of esters is 2. The summed E-state index contributed by atoms with van der Waals surface area (Å²) in [6.07, 6.45) is 7.29. The van der Waals surface area contributed by atoms with Gasteiger partial charge in [-0.05, 0) is 74.1 Å². The summed E-state index contributed by atoms with van der Waals surface area (Å²) < 4.78 is 10.3. The van der Waals surface area contributed by atoms with Gasteiger partial charge in [-0.25, -0.2) is 0 Å². The Labute approximate surface area is 277 Å². The first-order chi connectivity index (χ1) is 22.1. The second-order valence-electron chi connectivity index (χ2n) is 12.4. The number of rotatable bonds is 20. The van der Waals surface area contributed by atoms with Crippen LogP contribution in [0.25, 0.3) is 0 Å². The third kappa shape index (κ3) is 19.0. The van der Waals surface area contributed by atoms with Crippen LogP contribution in [0.2, 0.25) is 0 Å². The van der Waals surface area contributed by atoms with Gasteiger partial charge in [0.2, 0.25) is 11.8 Å². The van der Waals surface area contributed by atoms with E-state index < -0.39 is 11.8 Å². The van der Waals surface area contributed by atoms with Gasteiger partial charge < -0.3 is 20.1 Å². The highest BCUT2D eigenvalue weighted by molar-refractivity contribution is 5.94. The molecule has 2 rings (SSSR count). The van der Waals surface area contributed by atoms with Crippen molar-refractivity contribution < 1.29 is 28.7 Å². The molecule has 2 amide bonds. The van der Waals surface area contributed by atoms with Crippen molar-refractivity contribution in [3.05, 3.63) is 65.7 Å². The van der Waals surface area contributed by atoms with E-state index in [1.165, 1.54) is 12.7 Å². The van der Waals surface area contributed by atoms with Gasteiger partial charge in [-0.15, -0.1) is 0 Å². The number of para-hydroxylation sites is 1. The molecule has 8 heteroatoms. The molecule has 2 aromatic rings. The summed E-state index contributed by atoms with van der Waals surface area (Å²) in [4.78, 5) is 50.6. The number of hydrogen-bond donors (Lipinski definition) is 2. The predicted octanol–water partition coefficient (Wildman–Crippen LogP) is 7.69. The average molecular weight is 639 g/mol. The van der Waals surface area contributed by atoms with Crippen LogP contribution in [0.4, 0.5) is 5.69 Å². The van der Waals surface area contributed by atoms with Crippen molar-refractivity contribution in [2.24, 2.45) is 17.8 Å². The highest BCUT2D eigenvalue weighted by atomic mass is 16.5. The number of methoxy groups -OCH3 is 1. The van der Waals surface area contributed by atoms with E-state index in [0.717, 1.165) is 37.2 Å². The van der Waals surface area contributed by atoms with E-state index >= 15 is 0 Å². The standard InChI is InChI=1S/C34H48N2O6.C4H10/c1-4-6-23-42-34(40)29(13-10-11-16-32(38)41-3)24-28(22-21-27-19-17-26(12-5-2)18-20-27)33(39)35-25-31(37)36-30-14-8-7-9-15-30;1-4(2)3/h7-9,14-15,17-20,28-29H,4-6,10-13,16,21-25H2,1-3H3,(H,35,39)(H,36,37);4H,1-3H3/t28-,29?;/m1./s1. The monoisotopic (exact) mass is 638 g/mol. The van der Waals surface area contributed by atoms with Crippen LogP contribution in [0.15, 0.2) is 54.6 Å². The number of nitrogens with one attached hydrogen (secondary N) is 2. The van der Waals surface area contributed by atoms with Gasteiger partial charge in [-0.3, -0.25) is 19.2 Å². The van der Waals surface area contributed by atoms with Crippen LogP contribution in [-0.2, 0) is 41.5 Å². The number of amides is 2. The van der Waals surface area contributed by atoms with Crippen LogP contribution in [0, 0.1) is 17.8 Å². The first kappa shape index (κ1) is 40.3. The van der Waals surface area contributed by atoms with Gasteiger partial charge >= 0.3 is 11.9 Å². The Morgan fingerprint density at radius 1 is 0.761 bits per heavy atom. The maximum Gasteiger partial charge on any atom is 0.308 e. The topological polar surface area (TPSA) is 111 Å². The summed E-state index contributed by atoms with van der Waals surface area (Å²) in [6, 6.07) is 17.5. The van der Waals surface area contributed by atoms with E-state index in [1.54, 1.807) is 12.1 Å². The summed E-state index contributed by atoms with van der Waals surface area (Å²) in [5.41, 5.74) is 3.05. The van der Waals surface area contributed by atoms with E-state index in [0.29, 0.717) is 50.8 Å². The number of unbranched alkanes of at least 4 members (excludes halogenated alkanes) is 2. The Kier molecular flexibility index (Phi) is 21.5. The summed E-state index contributed by atoms with van der Waals surface area (Å²) in [6.45, 7) is 10.9. The molecular formula is C38H58N2O6. The minimum atomic E-state index is -0.492. The molecule has 8 nitrogen and oxygen atoms in total. The van der Waals surface area contributed by atoms with Crippen LogP contribution in [0.5, 0.6) is 0 Å². The smallest absolute Gasteiger partial charge is 0.308 e. The van der Waals surface area contributed by atoms with Gasteiger partial charge in [-0.1, -0.05) is 96.3 Å². The number of benzene rings is 2. The number of carbonyl (C=O) groups excluding carboxylic acids is 4. The second-order valence-corrected chi connectivity index (χ2v) is 12.4. The molecule has 0 spiro atoms. The Hall–Kier alpha value is -3.68. The Balaban J connectivity index is 0.00000249. The fourth-order valence-corrected chi connectivity index (χ4v) is 4.77. The minimum absolute atomic E-state index is 0.166. The van der Waals surface area contributed by atoms with Gasteiger partial charge in [0.15, 0.2) is 0 Å². The van der Waals surface area contributed by atoms with Crippen molar-refractivity contribution in [2.45, 2.75) is 105 Å². The maximum absolute atomic E-state index is 13.4. The number of anilines is 1. The molecule has 0 saturated heterocycles. The van der Waals surface area contributed by atoms with E-state index in [1.807, 2.05) is 25.1 Å². The quantitative estimate of drug-likeness (QED) is 0.114. The molecule has 0 aliphatic carbocycles. The predicted molar refractivity (Wildman–Crippen MR) is 185 cm³/mol. The van der Waals surface area contributed by atoms with E-state index in [4.69, 9.17) is 9.47 Å². The van der Waals surface area contributed by atoms with Gasteiger partial charge in [-0.2, -0.15) is 0 Å². The molecule has 0 radical (unpaired) electrons.